The van der Waals surface area contributed by atoms with Crippen LogP contribution in [0.3, 0.4) is 0 Å². The van der Waals surface area contributed by atoms with E-state index in [1.807, 2.05) is 0 Å². The van der Waals surface area contributed by atoms with Gasteiger partial charge in [-0.2, -0.15) is 5.10 Å². The van der Waals surface area contributed by atoms with Crippen molar-refractivity contribution in [2.24, 2.45) is 0 Å². The summed E-state index contributed by atoms with van der Waals surface area (Å²) >= 11 is 3.35. The zero-order valence-electron chi connectivity index (χ0n) is 11.7. The van der Waals surface area contributed by atoms with Gasteiger partial charge in [-0.1, -0.05) is 11.6 Å². The molecule has 0 saturated carbocycles. The maximum absolute atomic E-state index is 12.1. The molecule has 20 heavy (non-hydrogen) atoms. The zero-order chi connectivity index (χ0) is 14.4. The number of nitrogens with one attached hydrogen (secondary N) is 1. The summed E-state index contributed by atoms with van der Waals surface area (Å²) in [5.41, 5.74) is 2.13. The monoisotopic (exact) mass is 341 g/mol. The van der Waals surface area contributed by atoms with Gasteiger partial charge in [-0.3, -0.25) is 4.79 Å². The number of allylic oxidation sites excluding steroid dienone is 1. The molecule has 0 unspecified atom stereocenters. The summed E-state index contributed by atoms with van der Waals surface area (Å²) < 4.78 is 6.89. The molecule has 0 fully saturated rings. The van der Waals surface area contributed by atoms with Crippen molar-refractivity contribution >= 4 is 21.6 Å². The summed E-state index contributed by atoms with van der Waals surface area (Å²) in [6.45, 7) is 1.76. The van der Waals surface area contributed by atoms with Gasteiger partial charge in [0.05, 0.1) is 25.0 Å². The van der Waals surface area contributed by atoms with Gasteiger partial charge in [0.25, 0.3) is 5.56 Å². The van der Waals surface area contributed by atoms with Crippen LogP contribution in [0.1, 0.15) is 25.7 Å². The lowest BCUT2D eigenvalue weighted by atomic mass is 10.2. The van der Waals surface area contributed by atoms with Crippen LogP contribution in [0, 0.1) is 0 Å². The largest absolute Gasteiger partial charge is 0.383 e. The minimum atomic E-state index is -0.132. The van der Waals surface area contributed by atoms with E-state index in [0.29, 0.717) is 17.6 Å². The van der Waals surface area contributed by atoms with Crippen LogP contribution in [0.2, 0.25) is 0 Å². The van der Waals surface area contributed by atoms with Crippen LogP contribution >= 0.6 is 15.9 Å². The summed E-state index contributed by atoms with van der Waals surface area (Å²) in [6.07, 6.45) is 8.72. The van der Waals surface area contributed by atoms with Crippen LogP contribution < -0.4 is 10.9 Å². The molecule has 1 aromatic heterocycles. The van der Waals surface area contributed by atoms with Gasteiger partial charge in [0, 0.05) is 13.7 Å². The van der Waals surface area contributed by atoms with Crippen LogP contribution in [0.4, 0.5) is 5.69 Å². The van der Waals surface area contributed by atoms with E-state index in [2.05, 4.69) is 32.4 Å². The summed E-state index contributed by atoms with van der Waals surface area (Å²) in [4.78, 5) is 12.1. The van der Waals surface area contributed by atoms with E-state index in [0.717, 1.165) is 18.7 Å². The average molecular weight is 342 g/mol. The lowest BCUT2D eigenvalue weighted by molar-refractivity contribution is 0.181. The van der Waals surface area contributed by atoms with Crippen molar-refractivity contribution in [3.05, 3.63) is 32.7 Å². The molecule has 1 heterocycles. The van der Waals surface area contributed by atoms with Crippen LogP contribution in [0.5, 0.6) is 0 Å². The van der Waals surface area contributed by atoms with Crippen molar-refractivity contribution in [3.8, 4) is 0 Å². The molecule has 0 aromatic carbocycles. The van der Waals surface area contributed by atoms with E-state index in [4.69, 9.17) is 4.74 Å². The fraction of sp³-hybridized carbons (Fsp3) is 0.571. The number of hydrogen-bond acceptors (Lipinski definition) is 4. The lowest BCUT2D eigenvalue weighted by Crippen LogP contribution is -2.26. The second kappa shape index (κ2) is 7.59. The van der Waals surface area contributed by atoms with Gasteiger partial charge in [0.15, 0.2) is 0 Å². The minimum Gasteiger partial charge on any atom is -0.383 e. The number of aromatic nitrogens is 2. The predicted molar refractivity (Wildman–Crippen MR) is 83.1 cm³/mol. The van der Waals surface area contributed by atoms with Crippen LogP contribution in [-0.2, 0) is 11.3 Å². The molecule has 0 saturated heterocycles. The topological polar surface area (TPSA) is 56.1 Å². The molecule has 110 valence electrons. The number of methoxy groups -OCH3 is 1. The Balaban J connectivity index is 1.94. The Hall–Kier alpha value is -1.14. The Bertz CT molecular complexity index is 540. The highest BCUT2D eigenvalue weighted by Crippen LogP contribution is 2.21. The molecule has 0 bridgehead atoms. The Labute approximate surface area is 127 Å². The average Bonchev–Trinajstić information content (AvgIpc) is 2.96. The number of halogens is 1. The number of ether oxygens (including phenoxy) is 1. The first kappa shape index (κ1) is 15.3. The quantitative estimate of drug-likeness (QED) is 0.774. The summed E-state index contributed by atoms with van der Waals surface area (Å²) in [5, 5.41) is 7.41. The molecule has 5 nitrogen and oxygen atoms in total. The van der Waals surface area contributed by atoms with E-state index in [1.165, 1.54) is 29.5 Å². The van der Waals surface area contributed by atoms with Crippen molar-refractivity contribution in [1.29, 1.82) is 0 Å². The fourth-order valence-corrected chi connectivity index (χ4v) is 2.69. The number of rotatable bonds is 7. The highest BCUT2D eigenvalue weighted by molar-refractivity contribution is 9.10. The van der Waals surface area contributed by atoms with Crippen molar-refractivity contribution < 1.29 is 4.74 Å². The highest BCUT2D eigenvalue weighted by atomic mass is 79.9. The molecule has 0 aliphatic heterocycles. The second-order valence-corrected chi connectivity index (χ2v) is 5.62. The summed E-state index contributed by atoms with van der Waals surface area (Å²) in [5.74, 6) is 0. The second-order valence-electron chi connectivity index (χ2n) is 4.82. The molecule has 0 spiro atoms. The maximum Gasteiger partial charge on any atom is 0.283 e. The molecule has 6 heteroatoms. The van der Waals surface area contributed by atoms with E-state index < -0.39 is 0 Å². The third kappa shape index (κ3) is 3.93. The van der Waals surface area contributed by atoms with Crippen molar-refractivity contribution in [1.82, 2.24) is 9.78 Å². The van der Waals surface area contributed by atoms with E-state index in [9.17, 15) is 4.79 Å². The van der Waals surface area contributed by atoms with Gasteiger partial charge in [-0.15, -0.1) is 0 Å². The Morgan fingerprint density at radius 2 is 2.40 bits per heavy atom. The minimum absolute atomic E-state index is 0.132. The molecule has 0 radical (unpaired) electrons. The molecule has 1 N–H and O–H groups in total. The summed E-state index contributed by atoms with van der Waals surface area (Å²) in [6, 6.07) is 0. The molecule has 0 amide bonds. The third-order valence-electron chi connectivity index (χ3n) is 3.39. The molecule has 1 aromatic rings. The Morgan fingerprint density at radius 3 is 3.10 bits per heavy atom. The van der Waals surface area contributed by atoms with Gasteiger partial charge >= 0.3 is 0 Å². The highest BCUT2D eigenvalue weighted by Gasteiger charge is 2.09. The van der Waals surface area contributed by atoms with Crippen molar-refractivity contribution in [2.45, 2.75) is 32.2 Å². The van der Waals surface area contributed by atoms with Crippen LogP contribution in [0.25, 0.3) is 0 Å². The van der Waals surface area contributed by atoms with E-state index >= 15 is 0 Å². The normalized spacial score (nSPS) is 14.4. The molecule has 1 aliphatic carbocycles. The fourth-order valence-electron chi connectivity index (χ4n) is 2.25. The number of anilines is 1. The van der Waals surface area contributed by atoms with Crippen molar-refractivity contribution in [3.63, 3.8) is 0 Å². The number of hydrogen-bond donors (Lipinski definition) is 1. The zero-order valence-corrected chi connectivity index (χ0v) is 13.3. The lowest BCUT2D eigenvalue weighted by Gasteiger charge is -2.10. The smallest absolute Gasteiger partial charge is 0.283 e. The van der Waals surface area contributed by atoms with Gasteiger partial charge in [0.1, 0.15) is 4.47 Å². The standard InChI is InChI=1S/C14H20BrN3O2/c1-20-9-8-18-14(19)13(15)12(10-17-18)16-7-6-11-4-2-3-5-11/h4,10,16H,2-3,5-9H2,1H3. The first-order valence-corrected chi connectivity index (χ1v) is 7.68. The summed E-state index contributed by atoms with van der Waals surface area (Å²) in [7, 11) is 1.60. The molecule has 0 atom stereocenters. The SMILES string of the molecule is COCCn1ncc(NCCC2=CCCC2)c(Br)c1=O. The van der Waals surface area contributed by atoms with Crippen LogP contribution in [0.15, 0.2) is 27.1 Å². The third-order valence-corrected chi connectivity index (χ3v) is 4.16. The van der Waals surface area contributed by atoms with Gasteiger partial charge < -0.3 is 10.1 Å². The first-order valence-electron chi connectivity index (χ1n) is 6.88. The van der Waals surface area contributed by atoms with Gasteiger partial charge in [-0.05, 0) is 41.6 Å². The number of nitrogens with zero attached hydrogens (tertiary/aromatic N) is 2. The van der Waals surface area contributed by atoms with Gasteiger partial charge in [-0.25, -0.2) is 4.68 Å². The maximum atomic E-state index is 12.1. The van der Waals surface area contributed by atoms with Crippen LogP contribution in [-0.4, -0.2) is 30.0 Å². The van der Waals surface area contributed by atoms with Gasteiger partial charge in [0.2, 0.25) is 0 Å². The van der Waals surface area contributed by atoms with E-state index in [-0.39, 0.29) is 5.56 Å². The molecule has 2 rings (SSSR count). The molecular formula is C14H20BrN3O2. The predicted octanol–water partition coefficient (Wildman–Crippen LogP) is 2.56. The van der Waals surface area contributed by atoms with E-state index in [1.54, 1.807) is 13.3 Å². The molecule has 1 aliphatic rings. The molecular weight excluding hydrogens is 322 g/mol. The Kier molecular flexibility index (Phi) is 5.79. The van der Waals surface area contributed by atoms with Crippen molar-refractivity contribution in [2.75, 3.05) is 25.6 Å². The first-order chi connectivity index (χ1) is 9.72. The Morgan fingerprint density at radius 1 is 1.55 bits per heavy atom.